The molecule has 58 heavy (non-hydrogen) atoms. The quantitative estimate of drug-likeness (QED) is 0.131. The number of hydrogen-bond acceptors (Lipinski definition) is 13. The number of allylic oxidation sites excluding steroid dienone is 1. The molecule has 0 bridgehead atoms. The van der Waals surface area contributed by atoms with Gasteiger partial charge in [-0.1, -0.05) is 60.1 Å². The topological polar surface area (TPSA) is 245 Å². The van der Waals surface area contributed by atoms with E-state index in [4.69, 9.17) is 18.9 Å². The largest absolute Gasteiger partial charge is 0.481 e. The number of carbonyl (C=O) groups is 2. The van der Waals surface area contributed by atoms with E-state index >= 15 is 0 Å². The Kier molecular flexibility index (Phi) is 11.4. The van der Waals surface area contributed by atoms with Gasteiger partial charge in [-0.2, -0.15) is 0 Å². The standard InChI is InChI=1S/C43H69NO14/c1-20(45)44-28-31(49)30(48)24(19-56-36-32(50)29(47)23(46)18-55-36)57-35(28)58-27-12-13-40(6)25(39(27,4)5)11-14-41(7)26(40)10-9-21-22-17-38(2,3)15-16-43(22,37(53)54)34(52)33(51)42(21,41)8/h9,22-36,46-52H,10-19H2,1-8H3,(H,44,45)(H,53,54). The molecule has 330 valence electrons. The van der Waals surface area contributed by atoms with Crippen molar-refractivity contribution in [3.8, 4) is 0 Å². The number of ether oxygens (including phenoxy) is 4. The Morgan fingerprint density at radius 2 is 1.52 bits per heavy atom. The predicted octanol–water partition coefficient (Wildman–Crippen LogP) is 1.61. The first kappa shape index (κ1) is 44.3. The van der Waals surface area contributed by atoms with Crippen LogP contribution in [0.25, 0.3) is 0 Å². The number of carboxylic acid groups (broad SMARTS) is 1. The monoisotopic (exact) mass is 823 g/mol. The highest BCUT2D eigenvalue weighted by Gasteiger charge is 2.74. The molecule has 7 rings (SSSR count). The van der Waals surface area contributed by atoms with E-state index in [1.165, 1.54) is 6.92 Å². The average Bonchev–Trinajstić information content (AvgIpc) is 3.13. The third-order valence-corrected chi connectivity index (χ3v) is 17.4. The van der Waals surface area contributed by atoms with E-state index in [2.05, 4.69) is 59.9 Å². The Morgan fingerprint density at radius 3 is 2.17 bits per heavy atom. The number of amides is 1. The molecule has 5 aliphatic carbocycles. The number of nitrogens with one attached hydrogen (secondary N) is 1. The zero-order valence-electron chi connectivity index (χ0n) is 35.3. The van der Waals surface area contributed by atoms with Gasteiger partial charge in [0.2, 0.25) is 5.91 Å². The molecule has 2 aliphatic heterocycles. The Morgan fingerprint density at radius 1 is 0.828 bits per heavy atom. The lowest BCUT2D eigenvalue weighted by Gasteiger charge is -2.72. The highest BCUT2D eigenvalue weighted by atomic mass is 16.7. The number of carboxylic acids is 1. The molecule has 19 unspecified atom stereocenters. The minimum atomic E-state index is -1.57. The van der Waals surface area contributed by atoms with E-state index in [0.29, 0.717) is 25.7 Å². The molecule has 0 spiro atoms. The Hall–Kier alpha value is -1.76. The fourth-order valence-corrected chi connectivity index (χ4v) is 13.8. The lowest BCUT2D eigenvalue weighted by molar-refractivity contribution is -0.323. The van der Waals surface area contributed by atoms with E-state index in [0.717, 1.165) is 31.3 Å². The van der Waals surface area contributed by atoms with Crippen molar-refractivity contribution in [2.45, 2.75) is 180 Å². The van der Waals surface area contributed by atoms with Crippen LogP contribution in [0.3, 0.4) is 0 Å². The van der Waals surface area contributed by atoms with Crippen molar-refractivity contribution in [1.82, 2.24) is 5.32 Å². The summed E-state index contributed by atoms with van der Waals surface area (Å²) in [7, 11) is 0. The van der Waals surface area contributed by atoms with Gasteiger partial charge < -0.3 is 65.1 Å². The van der Waals surface area contributed by atoms with Gasteiger partial charge in [-0.3, -0.25) is 9.59 Å². The lowest BCUT2D eigenvalue weighted by Crippen LogP contribution is -2.72. The average molecular weight is 824 g/mol. The molecule has 2 saturated heterocycles. The van der Waals surface area contributed by atoms with Crippen LogP contribution < -0.4 is 5.32 Å². The molecule has 7 aliphatic rings. The third kappa shape index (κ3) is 6.46. The van der Waals surface area contributed by atoms with Crippen molar-refractivity contribution in [1.29, 1.82) is 0 Å². The lowest BCUT2D eigenvalue weighted by atomic mass is 9.32. The van der Waals surface area contributed by atoms with Gasteiger partial charge >= 0.3 is 5.97 Å². The maximum Gasteiger partial charge on any atom is 0.313 e. The second-order valence-electron chi connectivity index (χ2n) is 21.1. The fraction of sp³-hybridized carbons (Fsp3) is 0.907. The summed E-state index contributed by atoms with van der Waals surface area (Å²) in [6.07, 6.45) is -6.77. The van der Waals surface area contributed by atoms with E-state index in [9.17, 15) is 50.4 Å². The normalized spacial score (nSPS) is 52.2. The predicted molar refractivity (Wildman–Crippen MR) is 206 cm³/mol. The van der Waals surface area contributed by atoms with Crippen molar-refractivity contribution < 1.29 is 69.4 Å². The van der Waals surface area contributed by atoms with Crippen LogP contribution in [-0.4, -0.2) is 140 Å². The molecule has 4 saturated carbocycles. The van der Waals surface area contributed by atoms with Crippen molar-refractivity contribution in [2.24, 2.45) is 50.2 Å². The number of aliphatic carboxylic acids is 1. The van der Waals surface area contributed by atoms with E-state index < -0.39 is 113 Å². The van der Waals surface area contributed by atoms with Crippen LogP contribution in [0.15, 0.2) is 11.6 Å². The summed E-state index contributed by atoms with van der Waals surface area (Å²) in [5, 5.41) is 90.5. The van der Waals surface area contributed by atoms with Gasteiger partial charge in [0, 0.05) is 12.3 Å². The van der Waals surface area contributed by atoms with Crippen LogP contribution in [0.1, 0.15) is 107 Å². The van der Waals surface area contributed by atoms with Crippen LogP contribution in [0, 0.1) is 50.2 Å². The summed E-state index contributed by atoms with van der Waals surface area (Å²) in [6.45, 7) is 16.0. The summed E-state index contributed by atoms with van der Waals surface area (Å²) in [5.41, 5.74) is -2.58. The molecule has 15 heteroatoms. The van der Waals surface area contributed by atoms with Crippen molar-refractivity contribution >= 4 is 11.9 Å². The van der Waals surface area contributed by atoms with Crippen LogP contribution in [0.5, 0.6) is 0 Å². The van der Waals surface area contributed by atoms with Gasteiger partial charge in [0.25, 0.3) is 0 Å². The van der Waals surface area contributed by atoms with Crippen molar-refractivity contribution in [3.05, 3.63) is 11.6 Å². The summed E-state index contributed by atoms with van der Waals surface area (Å²) >= 11 is 0. The zero-order chi connectivity index (χ0) is 42.7. The molecule has 2 heterocycles. The number of aliphatic hydroxyl groups is 7. The summed E-state index contributed by atoms with van der Waals surface area (Å²) in [4.78, 5) is 25.5. The van der Waals surface area contributed by atoms with Gasteiger partial charge in [0.05, 0.1) is 31.5 Å². The molecular formula is C43H69NO14. The summed E-state index contributed by atoms with van der Waals surface area (Å²) < 4.78 is 24.1. The van der Waals surface area contributed by atoms with Gasteiger partial charge in [-0.15, -0.1) is 0 Å². The molecule has 0 aromatic heterocycles. The molecule has 1 amide bonds. The van der Waals surface area contributed by atoms with Gasteiger partial charge in [-0.25, -0.2) is 0 Å². The van der Waals surface area contributed by atoms with Gasteiger partial charge in [-0.05, 0) is 90.8 Å². The van der Waals surface area contributed by atoms with Crippen LogP contribution >= 0.6 is 0 Å². The highest BCUT2D eigenvalue weighted by molar-refractivity contribution is 5.78. The van der Waals surface area contributed by atoms with Crippen molar-refractivity contribution in [2.75, 3.05) is 13.2 Å². The Bertz CT molecular complexity index is 1620. The molecule has 0 aromatic rings. The molecule has 15 nitrogen and oxygen atoms in total. The van der Waals surface area contributed by atoms with Crippen LogP contribution in [-0.2, 0) is 28.5 Å². The van der Waals surface area contributed by atoms with Crippen LogP contribution in [0.2, 0.25) is 0 Å². The molecule has 0 aromatic carbocycles. The number of hydrogen-bond donors (Lipinski definition) is 9. The first-order chi connectivity index (χ1) is 26.9. The Labute approximate surface area is 341 Å². The summed E-state index contributed by atoms with van der Waals surface area (Å²) in [5.74, 6) is -1.67. The number of rotatable bonds is 7. The Balaban J connectivity index is 1.14. The highest BCUT2D eigenvalue weighted by Crippen LogP contribution is 2.76. The maximum absolute atomic E-state index is 13.2. The molecule has 0 radical (unpaired) electrons. The van der Waals surface area contributed by atoms with E-state index in [-0.39, 0.29) is 35.9 Å². The first-order valence-electron chi connectivity index (χ1n) is 21.4. The minimum Gasteiger partial charge on any atom is -0.481 e. The number of fused-ring (bicyclic) bond motifs is 7. The maximum atomic E-state index is 13.2. The van der Waals surface area contributed by atoms with E-state index in [1.54, 1.807) is 0 Å². The minimum absolute atomic E-state index is 0.0945. The van der Waals surface area contributed by atoms with E-state index in [1.807, 2.05) is 0 Å². The fourth-order valence-electron chi connectivity index (χ4n) is 13.8. The molecule has 19 atom stereocenters. The van der Waals surface area contributed by atoms with Crippen LogP contribution in [0.4, 0.5) is 0 Å². The molecule has 6 fully saturated rings. The molecular weight excluding hydrogens is 754 g/mol. The summed E-state index contributed by atoms with van der Waals surface area (Å²) in [6, 6.07) is -1.13. The second-order valence-corrected chi connectivity index (χ2v) is 21.1. The molecule has 9 N–H and O–H groups in total. The number of carbonyl (C=O) groups excluding carboxylic acids is 1. The first-order valence-corrected chi connectivity index (χ1v) is 21.4. The van der Waals surface area contributed by atoms with Gasteiger partial charge in [0.15, 0.2) is 12.6 Å². The van der Waals surface area contributed by atoms with Crippen molar-refractivity contribution in [3.63, 3.8) is 0 Å². The smallest absolute Gasteiger partial charge is 0.313 e. The number of aliphatic hydroxyl groups excluding tert-OH is 7. The SMILES string of the molecule is CC(=O)NC1C(OC2CCC3(C)C(CCC4(C)C3CC=C3C5CC(C)(C)CCC5(C(=O)O)C(O)C(O)C34C)C2(C)C)OC(COC2OCC(O)C(O)C2O)C(O)C1O. The zero-order valence-corrected chi connectivity index (χ0v) is 35.3. The second kappa shape index (κ2) is 15.0. The third-order valence-electron chi connectivity index (χ3n) is 17.4. The van der Waals surface area contributed by atoms with Gasteiger partial charge in [0.1, 0.15) is 48.1 Å².